The Balaban J connectivity index is 2.26. The number of carbonyl (C=O) groups is 1. The minimum absolute atomic E-state index is 0.280. The standard InChI is InChI=1S/C16H28O8/c1-9(17)21-11(10-8-20-15(2,3)22-10)12-13(14(18-6)19-7)24-16(4,5)23-12/h10-14H,8H2,1-7H3/t10-,11-,12+,13-/m1/s1. The molecule has 0 amide bonds. The Morgan fingerprint density at radius 1 is 1.00 bits per heavy atom. The maximum atomic E-state index is 11.6. The van der Waals surface area contributed by atoms with E-state index >= 15 is 0 Å². The van der Waals surface area contributed by atoms with Gasteiger partial charge in [-0.05, 0) is 27.7 Å². The van der Waals surface area contributed by atoms with Gasteiger partial charge in [0.15, 0.2) is 24.0 Å². The summed E-state index contributed by atoms with van der Waals surface area (Å²) in [5, 5.41) is 0. The quantitative estimate of drug-likeness (QED) is 0.523. The van der Waals surface area contributed by atoms with Crippen LogP contribution in [0.25, 0.3) is 0 Å². The zero-order valence-electron chi connectivity index (χ0n) is 15.4. The first-order valence-electron chi connectivity index (χ1n) is 7.99. The van der Waals surface area contributed by atoms with Crippen molar-refractivity contribution in [1.82, 2.24) is 0 Å². The van der Waals surface area contributed by atoms with E-state index in [4.69, 9.17) is 33.2 Å². The van der Waals surface area contributed by atoms with Gasteiger partial charge in [-0.15, -0.1) is 0 Å². The van der Waals surface area contributed by atoms with E-state index in [2.05, 4.69) is 0 Å². The van der Waals surface area contributed by atoms with E-state index < -0.39 is 48.2 Å². The highest BCUT2D eigenvalue weighted by atomic mass is 16.8. The van der Waals surface area contributed by atoms with Crippen molar-refractivity contribution in [2.75, 3.05) is 20.8 Å². The normalized spacial score (nSPS) is 32.9. The number of rotatable bonds is 6. The molecule has 0 radical (unpaired) electrons. The lowest BCUT2D eigenvalue weighted by Gasteiger charge is -2.32. The van der Waals surface area contributed by atoms with Crippen molar-refractivity contribution in [3.63, 3.8) is 0 Å². The molecule has 24 heavy (non-hydrogen) atoms. The van der Waals surface area contributed by atoms with Crippen molar-refractivity contribution in [2.24, 2.45) is 0 Å². The van der Waals surface area contributed by atoms with Crippen LogP contribution in [0.2, 0.25) is 0 Å². The van der Waals surface area contributed by atoms with Gasteiger partial charge in [0.2, 0.25) is 0 Å². The van der Waals surface area contributed by atoms with E-state index in [0.29, 0.717) is 0 Å². The van der Waals surface area contributed by atoms with Crippen LogP contribution in [0.1, 0.15) is 34.6 Å². The van der Waals surface area contributed by atoms with Gasteiger partial charge in [-0.2, -0.15) is 0 Å². The molecule has 2 aliphatic rings. The second kappa shape index (κ2) is 7.23. The summed E-state index contributed by atoms with van der Waals surface area (Å²) in [6.45, 7) is 8.79. The first-order valence-corrected chi connectivity index (χ1v) is 7.99. The molecule has 2 aliphatic heterocycles. The van der Waals surface area contributed by atoms with Crippen molar-refractivity contribution >= 4 is 5.97 Å². The van der Waals surface area contributed by atoms with E-state index in [1.54, 1.807) is 27.7 Å². The van der Waals surface area contributed by atoms with Gasteiger partial charge in [-0.25, -0.2) is 0 Å². The highest BCUT2D eigenvalue weighted by molar-refractivity contribution is 5.66. The minimum Gasteiger partial charge on any atom is -0.457 e. The van der Waals surface area contributed by atoms with Crippen LogP contribution < -0.4 is 0 Å². The van der Waals surface area contributed by atoms with E-state index in [0.717, 1.165) is 0 Å². The summed E-state index contributed by atoms with van der Waals surface area (Å²) in [6, 6.07) is 0. The van der Waals surface area contributed by atoms with Crippen LogP contribution in [0.15, 0.2) is 0 Å². The third kappa shape index (κ3) is 4.44. The minimum atomic E-state index is -0.877. The van der Waals surface area contributed by atoms with Crippen molar-refractivity contribution in [3.05, 3.63) is 0 Å². The van der Waals surface area contributed by atoms with Gasteiger partial charge in [0.1, 0.15) is 18.3 Å². The predicted molar refractivity (Wildman–Crippen MR) is 82.1 cm³/mol. The van der Waals surface area contributed by atoms with Crippen molar-refractivity contribution in [1.29, 1.82) is 0 Å². The molecule has 8 nitrogen and oxygen atoms in total. The van der Waals surface area contributed by atoms with Crippen LogP contribution in [0.5, 0.6) is 0 Å². The number of methoxy groups -OCH3 is 2. The fraction of sp³-hybridized carbons (Fsp3) is 0.938. The second-order valence-electron chi connectivity index (χ2n) is 6.85. The Labute approximate surface area is 142 Å². The lowest BCUT2D eigenvalue weighted by molar-refractivity contribution is -0.203. The number of hydrogen-bond acceptors (Lipinski definition) is 8. The molecule has 0 N–H and O–H groups in total. The molecule has 140 valence electrons. The highest BCUT2D eigenvalue weighted by Crippen LogP contribution is 2.37. The van der Waals surface area contributed by atoms with Crippen molar-refractivity contribution in [3.8, 4) is 0 Å². The molecule has 0 unspecified atom stereocenters. The summed E-state index contributed by atoms with van der Waals surface area (Å²) < 4.78 is 39.6. The number of ether oxygens (including phenoxy) is 7. The lowest BCUT2D eigenvalue weighted by atomic mass is 10.0. The molecule has 2 fully saturated rings. The SMILES string of the molecule is COC(OC)[C@@H]1OC(C)(C)O[C@H]1[C@H](OC(C)=O)[C@H]1COC(C)(C)O1. The Bertz CT molecular complexity index is 445. The van der Waals surface area contributed by atoms with Gasteiger partial charge in [-0.3, -0.25) is 4.79 Å². The van der Waals surface area contributed by atoms with Gasteiger partial charge in [-0.1, -0.05) is 0 Å². The molecule has 2 rings (SSSR count). The lowest BCUT2D eigenvalue weighted by Crippen LogP contribution is -2.51. The first kappa shape index (κ1) is 19.6. The summed E-state index contributed by atoms with van der Waals surface area (Å²) in [7, 11) is 3.03. The van der Waals surface area contributed by atoms with Crippen LogP contribution in [-0.2, 0) is 38.0 Å². The Morgan fingerprint density at radius 3 is 2.04 bits per heavy atom. The fourth-order valence-electron chi connectivity index (χ4n) is 3.07. The second-order valence-corrected chi connectivity index (χ2v) is 6.85. The van der Waals surface area contributed by atoms with E-state index in [-0.39, 0.29) is 6.61 Å². The molecule has 0 aromatic heterocycles. The third-order valence-corrected chi connectivity index (χ3v) is 3.92. The number of carbonyl (C=O) groups excluding carboxylic acids is 1. The van der Waals surface area contributed by atoms with Crippen LogP contribution in [0, 0.1) is 0 Å². The smallest absolute Gasteiger partial charge is 0.303 e. The zero-order valence-corrected chi connectivity index (χ0v) is 15.4. The number of esters is 1. The summed E-state index contributed by atoms with van der Waals surface area (Å²) in [5.41, 5.74) is 0. The first-order chi connectivity index (χ1) is 11.1. The Morgan fingerprint density at radius 2 is 1.58 bits per heavy atom. The van der Waals surface area contributed by atoms with E-state index in [1.807, 2.05) is 0 Å². The Hall–Kier alpha value is -0.770. The summed E-state index contributed by atoms with van der Waals surface area (Å²) in [6.07, 6.45) is -3.10. The summed E-state index contributed by atoms with van der Waals surface area (Å²) in [5.74, 6) is -2.07. The molecule has 8 heteroatoms. The van der Waals surface area contributed by atoms with Gasteiger partial charge >= 0.3 is 5.97 Å². The molecule has 4 atom stereocenters. The van der Waals surface area contributed by atoms with Crippen LogP contribution in [0.3, 0.4) is 0 Å². The Kier molecular flexibility index (Phi) is 5.89. The molecule has 0 spiro atoms. The number of hydrogen-bond donors (Lipinski definition) is 0. The fourth-order valence-corrected chi connectivity index (χ4v) is 3.07. The largest absolute Gasteiger partial charge is 0.457 e. The van der Waals surface area contributed by atoms with E-state index in [1.165, 1.54) is 21.1 Å². The summed E-state index contributed by atoms with van der Waals surface area (Å²) in [4.78, 5) is 11.6. The molecular weight excluding hydrogens is 320 g/mol. The monoisotopic (exact) mass is 348 g/mol. The van der Waals surface area contributed by atoms with Crippen LogP contribution >= 0.6 is 0 Å². The molecule has 0 aromatic carbocycles. The average Bonchev–Trinajstić information content (AvgIpc) is 2.97. The van der Waals surface area contributed by atoms with E-state index in [9.17, 15) is 4.79 Å². The maximum absolute atomic E-state index is 11.6. The van der Waals surface area contributed by atoms with Gasteiger partial charge in [0.05, 0.1) is 6.61 Å². The van der Waals surface area contributed by atoms with Gasteiger partial charge < -0.3 is 33.2 Å². The molecule has 0 aromatic rings. The van der Waals surface area contributed by atoms with Crippen molar-refractivity contribution in [2.45, 2.75) is 76.9 Å². The molecule has 2 heterocycles. The molecule has 0 bridgehead atoms. The van der Waals surface area contributed by atoms with Gasteiger partial charge in [0, 0.05) is 21.1 Å². The molecule has 2 saturated heterocycles. The summed E-state index contributed by atoms with van der Waals surface area (Å²) >= 11 is 0. The predicted octanol–water partition coefficient (Wildman–Crippen LogP) is 1.21. The maximum Gasteiger partial charge on any atom is 0.303 e. The molecule has 0 aliphatic carbocycles. The van der Waals surface area contributed by atoms with Crippen LogP contribution in [-0.4, -0.2) is 69.1 Å². The molecule has 0 saturated carbocycles. The van der Waals surface area contributed by atoms with Crippen LogP contribution in [0.4, 0.5) is 0 Å². The zero-order chi connectivity index (χ0) is 18.1. The average molecular weight is 348 g/mol. The van der Waals surface area contributed by atoms with Gasteiger partial charge in [0.25, 0.3) is 0 Å². The van der Waals surface area contributed by atoms with Crippen molar-refractivity contribution < 1.29 is 38.0 Å². The third-order valence-electron chi connectivity index (χ3n) is 3.92. The highest BCUT2D eigenvalue weighted by Gasteiger charge is 2.54. The molecular formula is C16H28O8. The topological polar surface area (TPSA) is 81.7 Å².